The highest BCUT2D eigenvalue weighted by Crippen LogP contribution is 2.25. The van der Waals surface area contributed by atoms with E-state index in [-0.39, 0.29) is 11.8 Å². The number of esters is 1. The lowest BCUT2D eigenvalue weighted by Crippen LogP contribution is -2.23. The lowest BCUT2D eigenvalue weighted by atomic mass is 10.1. The first-order chi connectivity index (χ1) is 25.5. The number of hydrogen-bond acceptors (Lipinski definition) is 6. The number of ether oxygens (including phenoxy) is 3. The van der Waals surface area contributed by atoms with Crippen LogP contribution in [0.1, 0.15) is 204 Å². The number of amides is 2. The van der Waals surface area contributed by atoms with Gasteiger partial charge in [-0.2, -0.15) is 0 Å². The molecule has 0 atom stereocenters. The normalized spacial score (nSPS) is 11.0. The minimum absolute atomic E-state index is 0.211. The molecule has 1 rings (SSSR count). The smallest absolute Gasteiger partial charge is 0.338 e. The summed E-state index contributed by atoms with van der Waals surface area (Å²) >= 11 is 0. The van der Waals surface area contributed by atoms with E-state index in [1.165, 1.54) is 110 Å². The maximum atomic E-state index is 12.3. The monoisotopic (exact) mass is 731 g/mol. The van der Waals surface area contributed by atoms with Crippen LogP contribution >= 0.6 is 0 Å². The molecule has 8 heteroatoms. The molecule has 1 aromatic rings. The zero-order chi connectivity index (χ0) is 37.7. The van der Waals surface area contributed by atoms with Gasteiger partial charge in [-0.15, -0.1) is 0 Å². The first-order valence-corrected chi connectivity index (χ1v) is 21.5. The Hall–Kier alpha value is -2.77. The molecule has 0 unspecified atom stereocenters. The molecule has 8 nitrogen and oxygen atoms in total. The summed E-state index contributed by atoms with van der Waals surface area (Å²) in [5.74, 6) is 1.32. The number of methoxy groups -OCH3 is 1. The first-order valence-electron chi connectivity index (χ1n) is 21.5. The fourth-order valence-corrected chi connectivity index (χ4v) is 6.34. The molecule has 0 fully saturated rings. The highest BCUT2D eigenvalue weighted by atomic mass is 16.5. The van der Waals surface area contributed by atoms with Crippen molar-refractivity contribution in [1.29, 1.82) is 0 Å². The van der Waals surface area contributed by atoms with Gasteiger partial charge in [-0.3, -0.25) is 9.59 Å². The molecule has 0 spiro atoms. The van der Waals surface area contributed by atoms with E-state index in [1.807, 2.05) is 6.07 Å². The number of benzene rings is 1. The van der Waals surface area contributed by atoms with Crippen LogP contribution in [-0.4, -0.2) is 51.2 Å². The van der Waals surface area contributed by atoms with Gasteiger partial charge in [-0.1, -0.05) is 142 Å². The fraction of sp³-hybridized carbons (Fsp3) is 0.795. The van der Waals surface area contributed by atoms with Gasteiger partial charge in [-0.25, -0.2) is 4.79 Å². The van der Waals surface area contributed by atoms with Crippen molar-refractivity contribution in [1.82, 2.24) is 10.6 Å². The zero-order valence-corrected chi connectivity index (χ0v) is 33.8. The summed E-state index contributed by atoms with van der Waals surface area (Å²) in [6.07, 6.45) is 31.6. The van der Waals surface area contributed by atoms with Gasteiger partial charge in [0.25, 0.3) is 0 Å². The molecule has 0 aliphatic carbocycles. The first kappa shape index (κ1) is 47.3. The summed E-state index contributed by atoms with van der Waals surface area (Å²) in [5.41, 5.74) is 0.445. The number of rotatable bonds is 37. The third-order valence-electron chi connectivity index (χ3n) is 9.64. The number of nitrogens with one attached hydrogen (secondary N) is 2. The van der Waals surface area contributed by atoms with Crippen molar-refractivity contribution in [2.45, 2.75) is 194 Å². The Morgan fingerprint density at radius 1 is 0.462 bits per heavy atom. The summed E-state index contributed by atoms with van der Waals surface area (Å²) in [6.45, 7) is 7.28. The van der Waals surface area contributed by atoms with E-state index < -0.39 is 5.97 Å². The fourth-order valence-electron chi connectivity index (χ4n) is 6.34. The predicted octanol–water partition coefficient (Wildman–Crippen LogP) is 11.4. The number of carbonyl (C=O) groups excluding carboxylic acids is 3. The van der Waals surface area contributed by atoms with Gasteiger partial charge in [0.1, 0.15) is 11.5 Å². The Bertz CT molecular complexity index is 948. The van der Waals surface area contributed by atoms with E-state index >= 15 is 0 Å². The highest BCUT2D eigenvalue weighted by molar-refractivity contribution is 5.90. The second-order valence-corrected chi connectivity index (χ2v) is 14.6. The van der Waals surface area contributed by atoms with Crippen molar-refractivity contribution >= 4 is 17.8 Å². The van der Waals surface area contributed by atoms with E-state index in [0.29, 0.717) is 43.1 Å². The molecule has 2 N–H and O–H groups in total. The molecular weight excluding hydrogens is 652 g/mol. The Morgan fingerprint density at radius 2 is 0.808 bits per heavy atom. The van der Waals surface area contributed by atoms with Crippen molar-refractivity contribution < 1.29 is 28.6 Å². The number of hydrogen-bond donors (Lipinski definition) is 2. The molecule has 52 heavy (non-hydrogen) atoms. The molecule has 0 aromatic heterocycles. The van der Waals surface area contributed by atoms with Crippen LogP contribution in [0.15, 0.2) is 18.2 Å². The number of carbonyl (C=O) groups is 3. The van der Waals surface area contributed by atoms with Gasteiger partial charge >= 0.3 is 5.97 Å². The molecule has 0 bridgehead atoms. The van der Waals surface area contributed by atoms with Gasteiger partial charge in [0.2, 0.25) is 11.8 Å². The lowest BCUT2D eigenvalue weighted by Gasteiger charge is -2.12. The van der Waals surface area contributed by atoms with E-state index in [2.05, 4.69) is 24.5 Å². The van der Waals surface area contributed by atoms with Crippen molar-refractivity contribution in [3.05, 3.63) is 23.8 Å². The third kappa shape index (κ3) is 28.8. The van der Waals surface area contributed by atoms with Gasteiger partial charge < -0.3 is 24.8 Å². The molecule has 2 amide bonds. The second kappa shape index (κ2) is 35.3. The maximum absolute atomic E-state index is 12.3. The molecular formula is C44H78N2O6. The quantitative estimate of drug-likeness (QED) is 0.0522. The van der Waals surface area contributed by atoms with E-state index in [9.17, 15) is 14.4 Å². The summed E-state index contributed by atoms with van der Waals surface area (Å²) in [5, 5.41) is 6.09. The summed E-state index contributed by atoms with van der Waals surface area (Å²) in [4.78, 5) is 36.1. The average Bonchev–Trinajstić information content (AvgIpc) is 3.15. The molecule has 0 saturated carbocycles. The van der Waals surface area contributed by atoms with Crippen LogP contribution in [0.25, 0.3) is 0 Å². The van der Waals surface area contributed by atoms with E-state index in [4.69, 9.17) is 14.2 Å². The lowest BCUT2D eigenvalue weighted by molar-refractivity contribution is -0.122. The largest absolute Gasteiger partial charge is 0.493 e. The Labute approximate surface area is 318 Å². The average molecular weight is 731 g/mol. The van der Waals surface area contributed by atoms with E-state index in [1.54, 1.807) is 12.1 Å². The Balaban J connectivity index is 2.08. The second-order valence-electron chi connectivity index (χ2n) is 14.6. The highest BCUT2D eigenvalue weighted by Gasteiger charge is 2.11. The number of unbranched alkanes of at least 4 members (excludes halogenated alkanes) is 22. The van der Waals surface area contributed by atoms with Crippen molar-refractivity contribution in [3.8, 4) is 11.5 Å². The van der Waals surface area contributed by atoms with Crippen LogP contribution in [0.3, 0.4) is 0 Å². The molecule has 0 aliphatic heterocycles. The van der Waals surface area contributed by atoms with Crippen LogP contribution in [0.2, 0.25) is 0 Å². The van der Waals surface area contributed by atoms with Crippen molar-refractivity contribution in [3.63, 3.8) is 0 Å². The maximum Gasteiger partial charge on any atom is 0.338 e. The minimum Gasteiger partial charge on any atom is -0.493 e. The standard InChI is InChI=1S/C44H78N2O6/c1-4-6-8-26-32-45-42(47)30-24-20-16-12-10-14-18-22-28-34-51-40-36-39(44(49)50-3)37-41(38-40)52-35-29-23-19-15-11-13-17-21-25-31-43(48)46-33-27-9-7-5-2/h36-38H,4-35H2,1-3H3,(H,45,47)(H,46,48). The molecule has 1 aromatic carbocycles. The molecule has 300 valence electrons. The van der Waals surface area contributed by atoms with Crippen LogP contribution in [0.5, 0.6) is 11.5 Å². The zero-order valence-electron chi connectivity index (χ0n) is 33.8. The summed E-state index contributed by atoms with van der Waals surface area (Å²) in [6, 6.07) is 5.35. The summed E-state index contributed by atoms with van der Waals surface area (Å²) in [7, 11) is 1.39. The molecule has 0 saturated heterocycles. The van der Waals surface area contributed by atoms with Gasteiger partial charge in [0, 0.05) is 32.0 Å². The van der Waals surface area contributed by atoms with Crippen LogP contribution in [0, 0.1) is 0 Å². The predicted molar refractivity (Wildman–Crippen MR) is 215 cm³/mol. The van der Waals surface area contributed by atoms with Crippen LogP contribution in [0.4, 0.5) is 0 Å². The molecule has 0 radical (unpaired) electrons. The van der Waals surface area contributed by atoms with Crippen molar-refractivity contribution in [2.24, 2.45) is 0 Å². The van der Waals surface area contributed by atoms with Crippen LogP contribution in [-0.2, 0) is 14.3 Å². The Kier molecular flexibility index (Phi) is 32.0. The molecule has 0 aliphatic rings. The topological polar surface area (TPSA) is 103 Å². The van der Waals surface area contributed by atoms with Gasteiger partial charge in [0.05, 0.1) is 25.9 Å². The van der Waals surface area contributed by atoms with Crippen molar-refractivity contribution in [2.75, 3.05) is 33.4 Å². The molecule has 0 heterocycles. The van der Waals surface area contributed by atoms with Gasteiger partial charge in [0.15, 0.2) is 0 Å². The Morgan fingerprint density at radius 3 is 1.17 bits per heavy atom. The van der Waals surface area contributed by atoms with Crippen LogP contribution < -0.4 is 20.1 Å². The minimum atomic E-state index is -0.391. The SMILES string of the molecule is CCCCCCNC(=O)CCCCCCCCCCCOc1cc(OCCCCCCCCCCCC(=O)NCCCCCC)cc(C(=O)OC)c1. The van der Waals surface area contributed by atoms with E-state index in [0.717, 1.165) is 77.3 Å². The van der Waals surface area contributed by atoms with Gasteiger partial charge in [-0.05, 0) is 50.7 Å². The third-order valence-corrected chi connectivity index (χ3v) is 9.64. The summed E-state index contributed by atoms with van der Waals surface area (Å²) < 4.78 is 17.0.